The fraction of sp³-hybridized carbons (Fsp3) is 0.350. The van der Waals surface area contributed by atoms with Crippen molar-refractivity contribution in [1.82, 2.24) is 4.72 Å². The summed E-state index contributed by atoms with van der Waals surface area (Å²) in [5.74, 6) is 0. The smallest absolute Gasteiger partial charge is 0.214 e. The van der Waals surface area contributed by atoms with Crippen LogP contribution in [0.5, 0.6) is 0 Å². The van der Waals surface area contributed by atoms with Crippen molar-refractivity contribution in [2.45, 2.75) is 38.1 Å². The van der Waals surface area contributed by atoms with Crippen molar-refractivity contribution in [1.29, 1.82) is 5.26 Å². The molecule has 1 N–H and O–H groups in total. The number of halogens is 1. The topological polar surface area (TPSA) is 70.0 Å². The summed E-state index contributed by atoms with van der Waals surface area (Å²) in [6.45, 7) is 4.15. The van der Waals surface area contributed by atoms with E-state index in [1.165, 1.54) is 6.92 Å². The summed E-state index contributed by atoms with van der Waals surface area (Å²) in [5.41, 5.74) is 1.45. The lowest BCUT2D eigenvalue weighted by Crippen LogP contribution is -2.39. The lowest BCUT2D eigenvalue weighted by molar-refractivity contribution is 0.196. The van der Waals surface area contributed by atoms with Crippen LogP contribution in [0, 0.1) is 11.3 Å². The van der Waals surface area contributed by atoms with Gasteiger partial charge in [-0.2, -0.15) is 5.26 Å². The summed E-state index contributed by atoms with van der Waals surface area (Å²) in [5, 5.41) is 8.10. The Morgan fingerprint density at radius 1 is 1.08 bits per heavy atom. The van der Waals surface area contributed by atoms with E-state index in [1.807, 2.05) is 36.4 Å². The van der Waals surface area contributed by atoms with Gasteiger partial charge in [0.05, 0.1) is 17.7 Å². The van der Waals surface area contributed by atoms with E-state index >= 15 is 0 Å². The van der Waals surface area contributed by atoms with E-state index in [1.54, 1.807) is 26.0 Å². The van der Waals surface area contributed by atoms with E-state index in [9.17, 15) is 12.8 Å². The minimum atomic E-state index is -3.51. The lowest BCUT2D eigenvalue weighted by atomic mass is 9.95. The molecular weight excluding hydrogens is 351 g/mol. The Kier molecular flexibility index (Phi) is 6.17. The third-order valence-corrected chi connectivity index (χ3v) is 6.07. The summed E-state index contributed by atoms with van der Waals surface area (Å²) in [7, 11) is -3.51. The average Bonchev–Trinajstić information content (AvgIpc) is 2.61. The highest BCUT2D eigenvalue weighted by atomic mass is 32.2. The first kappa shape index (κ1) is 20.1. The van der Waals surface area contributed by atoms with Crippen LogP contribution in [0.3, 0.4) is 0 Å². The van der Waals surface area contributed by atoms with Crippen LogP contribution in [0.4, 0.5) is 4.39 Å². The molecule has 4 nitrogen and oxygen atoms in total. The molecule has 6 heteroatoms. The van der Waals surface area contributed by atoms with Gasteiger partial charge in [-0.05, 0) is 43.0 Å². The van der Waals surface area contributed by atoms with E-state index in [0.717, 1.165) is 16.7 Å². The number of rotatable bonds is 7. The Labute approximate surface area is 154 Å². The predicted octanol–water partition coefficient (Wildman–Crippen LogP) is 3.93. The number of benzene rings is 2. The second-order valence-corrected chi connectivity index (χ2v) is 9.04. The Bertz CT molecular complexity index is 881. The standard InChI is InChI=1S/C20H23FN2O2S/c1-15(2)26(24,25)23-14-20(3,21)19-10-8-18(9-11-19)17-6-4-16(5-7-17)12-13-22/h4-11,15,23H,12,14H2,1-3H3. The Morgan fingerprint density at radius 2 is 1.58 bits per heavy atom. The number of hydrogen-bond acceptors (Lipinski definition) is 3. The van der Waals surface area contributed by atoms with Gasteiger partial charge in [0.25, 0.3) is 0 Å². The molecule has 0 aromatic heterocycles. The fourth-order valence-corrected chi connectivity index (χ4v) is 3.23. The second kappa shape index (κ2) is 7.98. The zero-order chi connectivity index (χ0) is 19.4. The molecule has 0 fully saturated rings. The summed E-state index contributed by atoms with van der Waals surface area (Å²) in [4.78, 5) is 0. The molecule has 2 rings (SSSR count). The van der Waals surface area contributed by atoms with Gasteiger partial charge in [0.15, 0.2) is 0 Å². The number of nitrogens with one attached hydrogen (secondary N) is 1. The zero-order valence-electron chi connectivity index (χ0n) is 15.2. The molecule has 2 aromatic rings. The van der Waals surface area contributed by atoms with Gasteiger partial charge in [0.2, 0.25) is 10.0 Å². The molecule has 0 bridgehead atoms. The molecule has 0 saturated heterocycles. The molecule has 0 saturated carbocycles. The normalized spacial score (nSPS) is 14.0. The molecule has 0 heterocycles. The first-order valence-electron chi connectivity index (χ1n) is 8.40. The number of sulfonamides is 1. The maximum atomic E-state index is 14.9. The molecule has 1 unspecified atom stereocenters. The highest BCUT2D eigenvalue weighted by molar-refractivity contribution is 7.90. The monoisotopic (exact) mass is 374 g/mol. The molecule has 0 spiro atoms. The molecule has 1 atom stereocenters. The van der Waals surface area contributed by atoms with Gasteiger partial charge in [0, 0.05) is 6.54 Å². The molecule has 138 valence electrons. The molecule has 26 heavy (non-hydrogen) atoms. The van der Waals surface area contributed by atoms with Gasteiger partial charge in [-0.15, -0.1) is 0 Å². The van der Waals surface area contributed by atoms with E-state index in [0.29, 0.717) is 12.0 Å². The lowest BCUT2D eigenvalue weighted by Gasteiger charge is -2.22. The third-order valence-electron chi connectivity index (χ3n) is 4.28. The number of nitrogens with zero attached hydrogens (tertiary/aromatic N) is 1. The maximum absolute atomic E-state index is 14.9. The van der Waals surface area contributed by atoms with Gasteiger partial charge in [-0.25, -0.2) is 17.5 Å². The van der Waals surface area contributed by atoms with Crippen LogP contribution in [0.2, 0.25) is 0 Å². The number of alkyl halides is 1. The van der Waals surface area contributed by atoms with E-state index in [2.05, 4.69) is 10.8 Å². The molecular formula is C20H23FN2O2S. The van der Waals surface area contributed by atoms with Crippen molar-refractivity contribution in [2.75, 3.05) is 6.54 Å². The molecule has 0 aliphatic rings. The highest BCUT2D eigenvalue weighted by Gasteiger charge is 2.28. The highest BCUT2D eigenvalue weighted by Crippen LogP contribution is 2.28. The van der Waals surface area contributed by atoms with Crippen molar-refractivity contribution in [3.63, 3.8) is 0 Å². The maximum Gasteiger partial charge on any atom is 0.214 e. The molecule has 0 aliphatic carbocycles. The molecule has 0 amide bonds. The largest absolute Gasteiger partial charge is 0.238 e. The van der Waals surface area contributed by atoms with E-state index < -0.39 is 20.9 Å². The van der Waals surface area contributed by atoms with E-state index in [4.69, 9.17) is 5.26 Å². The van der Waals surface area contributed by atoms with Crippen LogP contribution >= 0.6 is 0 Å². The van der Waals surface area contributed by atoms with Crippen molar-refractivity contribution >= 4 is 10.0 Å². The Balaban J connectivity index is 2.14. The summed E-state index contributed by atoms with van der Waals surface area (Å²) in [6, 6.07) is 16.7. The summed E-state index contributed by atoms with van der Waals surface area (Å²) in [6.07, 6.45) is 0.367. The van der Waals surface area contributed by atoms with Gasteiger partial charge in [-0.1, -0.05) is 48.5 Å². The van der Waals surface area contributed by atoms with Gasteiger partial charge < -0.3 is 0 Å². The summed E-state index contributed by atoms with van der Waals surface area (Å²) >= 11 is 0. The summed E-state index contributed by atoms with van der Waals surface area (Å²) < 4.78 is 40.9. The van der Waals surface area contributed by atoms with Crippen molar-refractivity contribution < 1.29 is 12.8 Å². The van der Waals surface area contributed by atoms with Crippen LogP contribution in [-0.4, -0.2) is 20.2 Å². The average molecular weight is 374 g/mol. The molecule has 0 radical (unpaired) electrons. The Morgan fingerprint density at radius 3 is 2.04 bits per heavy atom. The van der Waals surface area contributed by atoms with Crippen LogP contribution in [0.15, 0.2) is 48.5 Å². The second-order valence-electron chi connectivity index (χ2n) is 6.72. The number of nitriles is 1. The zero-order valence-corrected chi connectivity index (χ0v) is 16.0. The molecule has 0 aliphatic heterocycles. The SMILES string of the molecule is CC(C)S(=O)(=O)NCC(C)(F)c1ccc(-c2ccc(CC#N)cc2)cc1. The first-order valence-corrected chi connectivity index (χ1v) is 9.94. The van der Waals surface area contributed by atoms with Crippen LogP contribution in [0.1, 0.15) is 31.9 Å². The van der Waals surface area contributed by atoms with Crippen LogP contribution in [-0.2, 0) is 22.1 Å². The van der Waals surface area contributed by atoms with Gasteiger partial charge in [0.1, 0.15) is 5.67 Å². The fourth-order valence-electron chi connectivity index (χ4n) is 2.42. The molecule has 2 aromatic carbocycles. The van der Waals surface area contributed by atoms with Crippen molar-refractivity contribution in [2.24, 2.45) is 0 Å². The Hall–Kier alpha value is -2.23. The first-order chi connectivity index (χ1) is 12.2. The third kappa shape index (κ3) is 4.90. The predicted molar refractivity (Wildman–Crippen MR) is 102 cm³/mol. The van der Waals surface area contributed by atoms with Gasteiger partial charge in [-0.3, -0.25) is 0 Å². The van der Waals surface area contributed by atoms with Crippen LogP contribution < -0.4 is 4.72 Å². The number of hydrogen-bond donors (Lipinski definition) is 1. The minimum Gasteiger partial charge on any atom is -0.238 e. The quantitative estimate of drug-likeness (QED) is 0.798. The van der Waals surface area contributed by atoms with Crippen molar-refractivity contribution in [3.8, 4) is 17.2 Å². The van der Waals surface area contributed by atoms with Gasteiger partial charge >= 0.3 is 0 Å². The van der Waals surface area contributed by atoms with E-state index in [-0.39, 0.29) is 6.54 Å². The minimum absolute atomic E-state index is 0.310. The van der Waals surface area contributed by atoms with Crippen LogP contribution in [0.25, 0.3) is 11.1 Å². The van der Waals surface area contributed by atoms with Crippen molar-refractivity contribution in [3.05, 3.63) is 59.7 Å².